The Kier molecular flexibility index (Phi) is 4.22. The first-order valence-electron chi connectivity index (χ1n) is 7.55. The van der Waals surface area contributed by atoms with Crippen molar-refractivity contribution in [1.82, 2.24) is 14.9 Å². The zero-order valence-corrected chi connectivity index (χ0v) is 12.4. The van der Waals surface area contributed by atoms with Gasteiger partial charge in [-0.05, 0) is 43.0 Å². The van der Waals surface area contributed by atoms with E-state index in [0.717, 1.165) is 31.5 Å². The van der Waals surface area contributed by atoms with Crippen LogP contribution < -0.4 is 22.5 Å². The Hall–Kier alpha value is -2.18. The van der Waals surface area contributed by atoms with Crippen LogP contribution in [0.4, 0.5) is 5.82 Å². The van der Waals surface area contributed by atoms with Crippen LogP contribution in [0.5, 0.6) is 0 Å². The number of benzene rings is 1. The monoisotopic (exact) mass is 299 g/mol. The maximum atomic E-state index is 11.8. The highest BCUT2D eigenvalue weighted by Gasteiger charge is 2.20. The lowest BCUT2D eigenvalue weighted by molar-refractivity contribution is 0.517. The second kappa shape index (κ2) is 6.29. The molecule has 116 valence electrons. The number of nitrogen functional groups attached to an aromatic ring is 1. The maximum absolute atomic E-state index is 11.8. The molecule has 0 radical (unpaired) electrons. The molecule has 2 unspecified atom stereocenters. The van der Waals surface area contributed by atoms with Crippen molar-refractivity contribution < 1.29 is 0 Å². The molecule has 0 aliphatic heterocycles. The van der Waals surface area contributed by atoms with E-state index in [0.29, 0.717) is 12.1 Å². The van der Waals surface area contributed by atoms with E-state index in [4.69, 9.17) is 11.5 Å². The summed E-state index contributed by atoms with van der Waals surface area (Å²) in [5.41, 5.74) is 13.0. The van der Waals surface area contributed by atoms with Gasteiger partial charge in [-0.2, -0.15) is 4.98 Å². The second-order valence-corrected chi connectivity index (χ2v) is 5.82. The molecule has 2 atom stereocenters. The molecule has 0 amide bonds. The summed E-state index contributed by atoms with van der Waals surface area (Å²) in [5.74, 6) is 0.233. The number of rotatable bonds is 4. The SMILES string of the molecule is Nc1ccn(-c2ccc(CNC3CCC(N)C3)cc2)c(=O)n1. The van der Waals surface area contributed by atoms with Crippen molar-refractivity contribution in [2.45, 2.75) is 37.9 Å². The maximum Gasteiger partial charge on any atom is 0.354 e. The second-order valence-electron chi connectivity index (χ2n) is 5.82. The smallest absolute Gasteiger partial charge is 0.354 e. The molecule has 1 aromatic carbocycles. The van der Waals surface area contributed by atoms with Gasteiger partial charge in [-0.15, -0.1) is 0 Å². The lowest BCUT2D eigenvalue weighted by Gasteiger charge is -2.12. The lowest BCUT2D eigenvalue weighted by atomic mass is 10.1. The fourth-order valence-corrected chi connectivity index (χ4v) is 2.85. The zero-order valence-electron chi connectivity index (χ0n) is 12.4. The van der Waals surface area contributed by atoms with Gasteiger partial charge in [0.15, 0.2) is 0 Å². The Balaban J connectivity index is 1.66. The third-order valence-corrected chi connectivity index (χ3v) is 4.11. The van der Waals surface area contributed by atoms with Gasteiger partial charge in [0, 0.05) is 24.8 Å². The van der Waals surface area contributed by atoms with Gasteiger partial charge in [0.2, 0.25) is 0 Å². The number of hydrogen-bond donors (Lipinski definition) is 3. The van der Waals surface area contributed by atoms with E-state index < -0.39 is 0 Å². The van der Waals surface area contributed by atoms with Gasteiger partial charge in [0.1, 0.15) is 5.82 Å². The minimum Gasteiger partial charge on any atom is -0.383 e. The van der Waals surface area contributed by atoms with Crippen LogP contribution in [-0.4, -0.2) is 21.6 Å². The van der Waals surface area contributed by atoms with Crippen LogP contribution in [0.2, 0.25) is 0 Å². The van der Waals surface area contributed by atoms with Gasteiger partial charge in [-0.3, -0.25) is 4.57 Å². The fourth-order valence-electron chi connectivity index (χ4n) is 2.85. The number of nitrogens with zero attached hydrogens (tertiary/aromatic N) is 2. The number of nitrogens with one attached hydrogen (secondary N) is 1. The molecule has 3 rings (SSSR count). The van der Waals surface area contributed by atoms with Gasteiger partial charge in [-0.25, -0.2) is 4.79 Å². The summed E-state index contributed by atoms with van der Waals surface area (Å²) in [5, 5.41) is 3.53. The summed E-state index contributed by atoms with van der Waals surface area (Å²) in [7, 11) is 0. The molecule has 22 heavy (non-hydrogen) atoms. The standard InChI is InChI=1S/C16H21N5O/c17-12-3-4-13(9-12)19-10-11-1-5-14(6-2-11)21-8-7-15(18)20-16(21)22/h1-2,5-8,12-13,19H,3-4,9-10,17H2,(H2,18,20,22). The Labute approximate surface area is 129 Å². The Morgan fingerprint density at radius 3 is 2.64 bits per heavy atom. The van der Waals surface area contributed by atoms with Gasteiger partial charge in [0.25, 0.3) is 0 Å². The van der Waals surface area contributed by atoms with Crippen molar-refractivity contribution in [2.24, 2.45) is 5.73 Å². The molecule has 1 saturated carbocycles. The topological polar surface area (TPSA) is 99.0 Å². The first-order chi connectivity index (χ1) is 10.6. The average molecular weight is 299 g/mol. The molecule has 0 spiro atoms. The summed E-state index contributed by atoms with van der Waals surface area (Å²) < 4.78 is 1.48. The van der Waals surface area contributed by atoms with Gasteiger partial charge in [-0.1, -0.05) is 12.1 Å². The van der Waals surface area contributed by atoms with Crippen LogP contribution >= 0.6 is 0 Å². The quantitative estimate of drug-likeness (QED) is 0.775. The Bertz CT molecular complexity index is 694. The largest absolute Gasteiger partial charge is 0.383 e. The van der Waals surface area contributed by atoms with E-state index in [9.17, 15) is 4.79 Å². The van der Waals surface area contributed by atoms with Crippen LogP contribution in [0.1, 0.15) is 24.8 Å². The Morgan fingerprint density at radius 2 is 2.00 bits per heavy atom. The molecule has 0 saturated heterocycles. The Morgan fingerprint density at radius 1 is 1.23 bits per heavy atom. The van der Waals surface area contributed by atoms with Crippen molar-refractivity contribution in [3.05, 3.63) is 52.6 Å². The minimum atomic E-state index is -0.370. The molecule has 1 aliphatic carbocycles. The van der Waals surface area contributed by atoms with Crippen molar-refractivity contribution >= 4 is 5.82 Å². The lowest BCUT2D eigenvalue weighted by Crippen LogP contribution is -2.28. The molecule has 1 aromatic heterocycles. The molecule has 1 heterocycles. The first-order valence-corrected chi connectivity index (χ1v) is 7.55. The third kappa shape index (κ3) is 3.35. The summed E-state index contributed by atoms with van der Waals surface area (Å²) in [4.78, 5) is 15.5. The van der Waals surface area contributed by atoms with Gasteiger partial charge >= 0.3 is 5.69 Å². The van der Waals surface area contributed by atoms with E-state index in [-0.39, 0.29) is 11.5 Å². The molecular formula is C16H21N5O. The van der Waals surface area contributed by atoms with E-state index in [1.54, 1.807) is 12.3 Å². The summed E-state index contributed by atoms with van der Waals surface area (Å²) in [6.45, 7) is 0.812. The van der Waals surface area contributed by atoms with E-state index in [2.05, 4.69) is 10.3 Å². The molecule has 0 bridgehead atoms. The van der Waals surface area contributed by atoms with Crippen molar-refractivity contribution in [3.63, 3.8) is 0 Å². The molecule has 6 nitrogen and oxygen atoms in total. The van der Waals surface area contributed by atoms with Crippen molar-refractivity contribution in [3.8, 4) is 5.69 Å². The molecule has 2 aromatic rings. The van der Waals surface area contributed by atoms with Crippen LogP contribution in [0.15, 0.2) is 41.3 Å². The van der Waals surface area contributed by atoms with E-state index in [1.165, 1.54) is 10.1 Å². The van der Waals surface area contributed by atoms with Crippen molar-refractivity contribution in [2.75, 3.05) is 5.73 Å². The predicted molar refractivity (Wildman–Crippen MR) is 86.7 cm³/mol. The van der Waals surface area contributed by atoms with Gasteiger partial charge in [0.05, 0.1) is 5.69 Å². The average Bonchev–Trinajstić information content (AvgIpc) is 2.92. The number of nitrogens with two attached hydrogens (primary N) is 2. The number of anilines is 1. The van der Waals surface area contributed by atoms with Crippen LogP contribution in [0, 0.1) is 0 Å². The highest BCUT2D eigenvalue weighted by atomic mass is 16.1. The third-order valence-electron chi connectivity index (χ3n) is 4.11. The molecular weight excluding hydrogens is 278 g/mol. The van der Waals surface area contributed by atoms with E-state index in [1.807, 2.05) is 24.3 Å². The summed E-state index contributed by atoms with van der Waals surface area (Å²) in [6.07, 6.45) is 4.93. The molecule has 6 heteroatoms. The van der Waals surface area contributed by atoms with Crippen LogP contribution in [-0.2, 0) is 6.54 Å². The normalized spacial score (nSPS) is 21.1. The number of hydrogen-bond acceptors (Lipinski definition) is 5. The predicted octanol–water partition coefficient (Wildman–Crippen LogP) is 0.784. The van der Waals surface area contributed by atoms with Crippen molar-refractivity contribution in [1.29, 1.82) is 0 Å². The fraction of sp³-hybridized carbons (Fsp3) is 0.375. The molecule has 5 N–H and O–H groups in total. The zero-order chi connectivity index (χ0) is 15.5. The minimum absolute atomic E-state index is 0.233. The van der Waals surface area contributed by atoms with Crippen LogP contribution in [0.3, 0.4) is 0 Å². The van der Waals surface area contributed by atoms with E-state index >= 15 is 0 Å². The van der Waals surface area contributed by atoms with Gasteiger partial charge < -0.3 is 16.8 Å². The summed E-state index contributed by atoms with van der Waals surface area (Å²) in [6, 6.07) is 10.3. The highest BCUT2D eigenvalue weighted by Crippen LogP contribution is 2.17. The summed E-state index contributed by atoms with van der Waals surface area (Å²) >= 11 is 0. The molecule has 1 aliphatic rings. The first kappa shape index (κ1) is 14.7. The van der Waals surface area contributed by atoms with Crippen LogP contribution in [0.25, 0.3) is 5.69 Å². The number of aromatic nitrogens is 2. The molecule has 1 fully saturated rings. The highest BCUT2D eigenvalue weighted by molar-refractivity contribution is 5.36.